The summed E-state index contributed by atoms with van der Waals surface area (Å²) in [4.78, 5) is 22.8. The van der Waals surface area contributed by atoms with Crippen molar-refractivity contribution in [1.82, 2.24) is 5.32 Å². The van der Waals surface area contributed by atoms with E-state index in [0.717, 1.165) is 11.3 Å². The van der Waals surface area contributed by atoms with Crippen LogP contribution in [-0.4, -0.2) is 36.2 Å². The molecule has 2 heterocycles. The minimum atomic E-state index is -0.993. The Hall–Kier alpha value is -0.820. The van der Waals surface area contributed by atoms with Gasteiger partial charge in [-0.15, -0.1) is 11.3 Å². The molecule has 0 aliphatic carbocycles. The molecule has 1 aromatic rings. The SMILES string of the molecule is O=C(NC1COCC1C(=O)O)c1cc(Cl)sc1Cl. The van der Waals surface area contributed by atoms with Gasteiger partial charge >= 0.3 is 5.97 Å². The smallest absolute Gasteiger partial charge is 0.311 e. The van der Waals surface area contributed by atoms with Gasteiger partial charge in [-0.05, 0) is 6.07 Å². The summed E-state index contributed by atoms with van der Waals surface area (Å²) in [5.41, 5.74) is 0.253. The first-order chi connectivity index (χ1) is 8.49. The van der Waals surface area contributed by atoms with E-state index < -0.39 is 23.8 Å². The van der Waals surface area contributed by atoms with Crippen molar-refractivity contribution in [2.75, 3.05) is 13.2 Å². The Bertz CT molecular complexity index is 490. The van der Waals surface area contributed by atoms with Gasteiger partial charge in [0.15, 0.2) is 0 Å². The molecule has 2 unspecified atom stereocenters. The number of hydrogen-bond donors (Lipinski definition) is 2. The van der Waals surface area contributed by atoms with Gasteiger partial charge in [0.1, 0.15) is 10.3 Å². The number of ether oxygens (including phenoxy) is 1. The molecule has 8 heteroatoms. The van der Waals surface area contributed by atoms with E-state index in [1.165, 1.54) is 6.07 Å². The molecule has 0 bridgehead atoms. The third-order valence-corrected chi connectivity index (χ3v) is 4.10. The lowest BCUT2D eigenvalue weighted by Gasteiger charge is -2.15. The fraction of sp³-hybridized carbons (Fsp3) is 0.400. The first-order valence-electron chi connectivity index (χ1n) is 5.05. The van der Waals surface area contributed by atoms with E-state index >= 15 is 0 Å². The zero-order chi connectivity index (χ0) is 13.3. The molecule has 5 nitrogen and oxygen atoms in total. The van der Waals surface area contributed by atoms with Crippen LogP contribution in [0.1, 0.15) is 10.4 Å². The first-order valence-corrected chi connectivity index (χ1v) is 6.62. The number of carboxylic acid groups (broad SMARTS) is 1. The summed E-state index contributed by atoms with van der Waals surface area (Å²) < 4.78 is 5.74. The standard InChI is InChI=1S/C10H9Cl2NO4S/c11-7-1-4(8(12)18-7)9(14)13-6-3-17-2-5(6)10(15)16/h1,5-6H,2-3H2,(H,13,14)(H,15,16). The number of rotatable bonds is 3. The van der Waals surface area contributed by atoms with Crippen LogP contribution in [0.5, 0.6) is 0 Å². The van der Waals surface area contributed by atoms with Crippen LogP contribution in [0.2, 0.25) is 8.67 Å². The maximum absolute atomic E-state index is 11.9. The average Bonchev–Trinajstić information content (AvgIpc) is 2.85. The lowest BCUT2D eigenvalue weighted by molar-refractivity contribution is -0.142. The van der Waals surface area contributed by atoms with E-state index in [-0.39, 0.29) is 23.1 Å². The number of nitrogens with one attached hydrogen (secondary N) is 1. The summed E-state index contributed by atoms with van der Waals surface area (Å²) in [6.07, 6.45) is 0. The molecule has 2 rings (SSSR count). The number of amides is 1. The van der Waals surface area contributed by atoms with Gasteiger partial charge in [-0.1, -0.05) is 23.2 Å². The van der Waals surface area contributed by atoms with Crippen molar-refractivity contribution in [3.05, 3.63) is 20.3 Å². The minimum Gasteiger partial charge on any atom is -0.481 e. The Balaban J connectivity index is 2.07. The fourth-order valence-corrected chi connectivity index (χ4v) is 3.14. The van der Waals surface area contributed by atoms with Crippen molar-refractivity contribution in [1.29, 1.82) is 0 Å². The second-order valence-corrected chi connectivity index (χ2v) is 6.09. The van der Waals surface area contributed by atoms with E-state index in [1.54, 1.807) is 0 Å². The van der Waals surface area contributed by atoms with Crippen molar-refractivity contribution < 1.29 is 19.4 Å². The molecular formula is C10H9Cl2NO4S. The molecule has 1 aromatic heterocycles. The normalized spacial score (nSPS) is 23.0. The molecule has 2 atom stereocenters. The predicted octanol–water partition coefficient (Wildman–Crippen LogP) is 1.88. The molecule has 1 aliphatic heterocycles. The van der Waals surface area contributed by atoms with Crippen molar-refractivity contribution in [3.63, 3.8) is 0 Å². The average molecular weight is 310 g/mol. The minimum absolute atomic E-state index is 0.0956. The van der Waals surface area contributed by atoms with E-state index in [2.05, 4.69) is 5.32 Å². The highest BCUT2D eigenvalue weighted by atomic mass is 35.5. The van der Waals surface area contributed by atoms with E-state index in [1.807, 2.05) is 0 Å². The highest BCUT2D eigenvalue weighted by Gasteiger charge is 2.35. The zero-order valence-corrected chi connectivity index (χ0v) is 11.3. The van der Waals surface area contributed by atoms with Gasteiger partial charge in [0.05, 0.1) is 29.2 Å². The quantitative estimate of drug-likeness (QED) is 0.894. The maximum Gasteiger partial charge on any atom is 0.311 e. The first kappa shape index (κ1) is 13.6. The Morgan fingerprint density at radius 2 is 2.17 bits per heavy atom. The van der Waals surface area contributed by atoms with Gasteiger partial charge in [0.2, 0.25) is 0 Å². The number of carbonyl (C=O) groups is 2. The molecule has 0 radical (unpaired) electrons. The molecule has 0 saturated carbocycles. The Morgan fingerprint density at radius 1 is 1.44 bits per heavy atom. The van der Waals surface area contributed by atoms with Gasteiger partial charge in [-0.25, -0.2) is 0 Å². The van der Waals surface area contributed by atoms with Gasteiger partial charge in [-0.2, -0.15) is 0 Å². The molecule has 1 saturated heterocycles. The summed E-state index contributed by atoms with van der Waals surface area (Å²) in [7, 11) is 0. The topological polar surface area (TPSA) is 75.6 Å². The van der Waals surface area contributed by atoms with Crippen LogP contribution in [0.4, 0.5) is 0 Å². The summed E-state index contributed by atoms with van der Waals surface area (Å²) in [6.45, 7) is 0.274. The van der Waals surface area contributed by atoms with Gasteiger partial charge < -0.3 is 15.2 Å². The Morgan fingerprint density at radius 3 is 2.72 bits per heavy atom. The van der Waals surface area contributed by atoms with Gasteiger partial charge in [0.25, 0.3) is 5.91 Å². The number of thiophene rings is 1. The highest BCUT2D eigenvalue weighted by Crippen LogP contribution is 2.31. The lowest BCUT2D eigenvalue weighted by Crippen LogP contribution is -2.42. The molecule has 18 heavy (non-hydrogen) atoms. The summed E-state index contributed by atoms with van der Waals surface area (Å²) in [5.74, 6) is -2.17. The second kappa shape index (κ2) is 5.44. The number of carboxylic acids is 1. The van der Waals surface area contributed by atoms with Gasteiger partial charge in [0, 0.05) is 0 Å². The molecule has 2 N–H and O–H groups in total. The molecule has 1 fully saturated rings. The van der Waals surface area contributed by atoms with E-state index in [4.69, 9.17) is 33.0 Å². The van der Waals surface area contributed by atoms with Crippen molar-refractivity contribution in [3.8, 4) is 0 Å². The predicted molar refractivity (Wildman–Crippen MR) is 67.5 cm³/mol. The van der Waals surface area contributed by atoms with Crippen molar-refractivity contribution in [2.24, 2.45) is 5.92 Å². The van der Waals surface area contributed by atoms with E-state index in [9.17, 15) is 9.59 Å². The van der Waals surface area contributed by atoms with Crippen molar-refractivity contribution >= 4 is 46.4 Å². The zero-order valence-electron chi connectivity index (χ0n) is 8.98. The number of halogens is 2. The summed E-state index contributed by atoms with van der Waals surface area (Å²) in [6, 6.07) is 0.903. The van der Waals surface area contributed by atoms with Crippen LogP contribution >= 0.6 is 34.5 Å². The second-order valence-electron chi connectivity index (χ2n) is 3.80. The summed E-state index contributed by atoms with van der Waals surface area (Å²) in [5, 5.41) is 11.5. The Kier molecular flexibility index (Phi) is 4.11. The number of aliphatic carboxylic acids is 1. The third-order valence-electron chi connectivity index (χ3n) is 2.62. The molecular weight excluding hydrogens is 301 g/mol. The fourth-order valence-electron chi connectivity index (χ4n) is 1.68. The molecule has 1 amide bonds. The van der Waals surface area contributed by atoms with E-state index in [0.29, 0.717) is 4.34 Å². The molecule has 98 valence electrons. The maximum atomic E-state index is 11.9. The monoisotopic (exact) mass is 309 g/mol. The van der Waals surface area contributed by atoms with Crippen LogP contribution in [0.3, 0.4) is 0 Å². The summed E-state index contributed by atoms with van der Waals surface area (Å²) >= 11 is 12.7. The van der Waals surface area contributed by atoms with Crippen LogP contribution in [0, 0.1) is 5.92 Å². The molecule has 0 spiro atoms. The number of carbonyl (C=O) groups excluding carboxylic acids is 1. The highest BCUT2D eigenvalue weighted by molar-refractivity contribution is 7.20. The Labute approximate surface area is 117 Å². The van der Waals surface area contributed by atoms with Crippen molar-refractivity contribution in [2.45, 2.75) is 6.04 Å². The van der Waals surface area contributed by atoms with Gasteiger partial charge in [-0.3, -0.25) is 9.59 Å². The van der Waals surface area contributed by atoms with Crippen LogP contribution in [-0.2, 0) is 9.53 Å². The largest absolute Gasteiger partial charge is 0.481 e. The van der Waals surface area contributed by atoms with Crippen LogP contribution < -0.4 is 5.32 Å². The lowest BCUT2D eigenvalue weighted by atomic mass is 10.0. The third kappa shape index (κ3) is 2.77. The van der Waals surface area contributed by atoms with Crippen LogP contribution in [0.15, 0.2) is 6.07 Å². The molecule has 0 aromatic carbocycles. The molecule has 1 aliphatic rings. The number of hydrogen-bond acceptors (Lipinski definition) is 4. The van der Waals surface area contributed by atoms with Crippen LogP contribution in [0.25, 0.3) is 0 Å².